The molecule has 1 aromatic heterocycles. The number of thiophene rings is 1. The molecule has 0 aliphatic heterocycles. The van der Waals surface area contributed by atoms with Crippen molar-refractivity contribution in [1.82, 2.24) is 0 Å². The van der Waals surface area contributed by atoms with Crippen LogP contribution < -0.4 is 0 Å². The normalized spacial score (nSPS) is 11.5. The highest BCUT2D eigenvalue weighted by Crippen LogP contribution is 2.33. The summed E-state index contributed by atoms with van der Waals surface area (Å²) in [5.41, 5.74) is -0.514. The molecule has 1 rings (SSSR count). The Labute approximate surface area is 113 Å². The number of carbonyl (C=O) groups excluding carboxylic acids is 1. The van der Waals surface area contributed by atoms with Crippen LogP contribution in [0.4, 0.5) is 0 Å². The monoisotopic (exact) mass is 318 g/mol. The molecular formula is C12H15BrO3S. The van der Waals surface area contributed by atoms with E-state index in [2.05, 4.69) is 15.9 Å². The molecule has 0 amide bonds. The minimum absolute atomic E-state index is 0.000711. The van der Waals surface area contributed by atoms with E-state index in [0.717, 1.165) is 9.35 Å². The predicted octanol–water partition coefficient (Wildman–Crippen LogP) is 3.89. The maximum Gasteiger partial charge on any atom is 0.303 e. The summed E-state index contributed by atoms with van der Waals surface area (Å²) in [7, 11) is 0. The van der Waals surface area contributed by atoms with Gasteiger partial charge >= 0.3 is 5.97 Å². The SMILES string of the molecule is Cc1cc(Br)c(C(=O)CC(C)(C)CC(=O)O)s1. The van der Waals surface area contributed by atoms with E-state index in [-0.39, 0.29) is 18.6 Å². The lowest BCUT2D eigenvalue weighted by molar-refractivity contribution is -0.139. The third-order valence-electron chi connectivity index (χ3n) is 2.33. The van der Waals surface area contributed by atoms with Crippen molar-refractivity contribution in [2.45, 2.75) is 33.6 Å². The number of rotatable bonds is 5. The summed E-state index contributed by atoms with van der Waals surface area (Å²) in [6.45, 7) is 5.54. The molecule has 0 aromatic carbocycles. The van der Waals surface area contributed by atoms with E-state index in [1.54, 1.807) is 13.8 Å². The van der Waals surface area contributed by atoms with Crippen LogP contribution >= 0.6 is 27.3 Å². The van der Waals surface area contributed by atoms with Gasteiger partial charge in [0, 0.05) is 15.8 Å². The van der Waals surface area contributed by atoms with Gasteiger partial charge in [-0.3, -0.25) is 9.59 Å². The first-order chi connectivity index (χ1) is 7.71. The van der Waals surface area contributed by atoms with Crippen LogP contribution in [-0.4, -0.2) is 16.9 Å². The van der Waals surface area contributed by atoms with E-state index < -0.39 is 11.4 Å². The summed E-state index contributed by atoms with van der Waals surface area (Å²) < 4.78 is 0.802. The Kier molecular flexibility index (Phi) is 4.49. The Bertz CT molecular complexity index is 449. The second-order valence-corrected chi connectivity index (χ2v) is 6.98. The molecule has 0 saturated heterocycles. The molecule has 0 aliphatic rings. The summed E-state index contributed by atoms with van der Waals surface area (Å²) in [5.74, 6) is -0.870. The average molecular weight is 319 g/mol. The van der Waals surface area contributed by atoms with Crippen molar-refractivity contribution in [3.8, 4) is 0 Å². The molecule has 1 N–H and O–H groups in total. The fourth-order valence-corrected chi connectivity index (χ4v) is 3.46. The van der Waals surface area contributed by atoms with Crippen LogP contribution in [0, 0.1) is 12.3 Å². The number of Topliss-reactive ketones (excluding diaryl/α,β-unsaturated/α-hetero) is 1. The minimum Gasteiger partial charge on any atom is -0.481 e. The van der Waals surface area contributed by atoms with Crippen molar-refractivity contribution < 1.29 is 14.7 Å². The van der Waals surface area contributed by atoms with Gasteiger partial charge in [0.2, 0.25) is 0 Å². The third-order valence-corrected chi connectivity index (χ3v) is 4.31. The van der Waals surface area contributed by atoms with Gasteiger partial charge in [0.05, 0.1) is 11.3 Å². The number of halogens is 1. The molecule has 0 spiro atoms. The summed E-state index contributed by atoms with van der Waals surface area (Å²) in [6.07, 6.45) is 0.249. The van der Waals surface area contributed by atoms with E-state index in [1.165, 1.54) is 11.3 Å². The van der Waals surface area contributed by atoms with Crippen LogP contribution in [-0.2, 0) is 4.79 Å². The van der Waals surface area contributed by atoms with Crippen LogP contribution in [0.25, 0.3) is 0 Å². The molecule has 0 atom stereocenters. The van der Waals surface area contributed by atoms with Crippen molar-refractivity contribution in [2.75, 3.05) is 0 Å². The highest BCUT2D eigenvalue weighted by Gasteiger charge is 2.27. The highest BCUT2D eigenvalue weighted by molar-refractivity contribution is 9.10. The molecule has 0 aliphatic carbocycles. The van der Waals surface area contributed by atoms with E-state index in [4.69, 9.17) is 5.11 Å². The lowest BCUT2D eigenvalue weighted by Crippen LogP contribution is -2.20. The molecule has 0 bridgehead atoms. The van der Waals surface area contributed by atoms with Crippen LogP contribution in [0.15, 0.2) is 10.5 Å². The maximum atomic E-state index is 12.1. The molecule has 5 heteroatoms. The van der Waals surface area contributed by atoms with E-state index in [1.807, 2.05) is 13.0 Å². The summed E-state index contributed by atoms with van der Waals surface area (Å²) in [6, 6.07) is 1.90. The van der Waals surface area contributed by atoms with E-state index in [0.29, 0.717) is 4.88 Å². The Balaban J connectivity index is 2.79. The van der Waals surface area contributed by atoms with Crippen LogP contribution in [0.2, 0.25) is 0 Å². The number of carbonyl (C=O) groups is 2. The number of carboxylic acids is 1. The van der Waals surface area contributed by atoms with Crippen molar-refractivity contribution in [3.05, 3.63) is 20.3 Å². The van der Waals surface area contributed by atoms with Gasteiger partial charge in [-0.25, -0.2) is 0 Å². The van der Waals surface area contributed by atoms with Gasteiger partial charge in [0.1, 0.15) is 0 Å². The summed E-state index contributed by atoms with van der Waals surface area (Å²) in [4.78, 5) is 24.5. The van der Waals surface area contributed by atoms with Gasteiger partial charge < -0.3 is 5.11 Å². The first-order valence-corrected chi connectivity index (χ1v) is 6.83. The number of hydrogen-bond donors (Lipinski definition) is 1. The second kappa shape index (κ2) is 5.31. The van der Waals surface area contributed by atoms with Crippen LogP contribution in [0.3, 0.4) is 0 Å². The zero-order chi connectivity index (χ0) is 13.2. The number of aliphatic carboxylic acids is 1. The topological polar surface area (TPSA) is 54.4 Å². The predicted molar refractivity (Wildman–Crippen MR) is 71.7 cm³/mol. The molecule has 1 aromatic rings. The molecule has 0 fully saturated rings. The quantitative estimate of drug-likeness (QED) is 0.838. The number of aryl methyl sites for hydroxylation is 1. The molecule has 0 saturated carbocycles. The lowest BCUT2D eigenvalue weighted by atomic mass is 9.84. The second-order valence-electron chi connectivity index (χ2n) is 4.87. The van der Waals surface area contributed by atoms with Crippen LogP contribution in [0.1, 0.15) is 41.2 Å². The Morgan fingerprint density at radius 1 is 1.41 bits per heavy atom. The van der Waals surface area contributed by atoms with Crippen molar-refractivity contribution in [1.29, 1.82) is 0 Å². The van der Waals surface area contributed by atoms with Gasteiger partial charge in [0.25, 0.3) is 0 Å². The highest BCUT2D eigenvalue weighted by atomic mass is 79.9. The fraction of sp³-hybridized carbons (Fsp3) is 0.500. The van der Waals surface area contributed by atoms with Gasteiger partial charge in [-0.05, 0) is 34.3 Å². The lowest BCUT2D eigenvalue weighted by Gasteiger charge is -2.20. The van der Waals surface area contributed by atoms with Crippen molar-refractivity contribution in [3.63, 3.8) is 0 Å². The van der Waals surface area contributed by atoms with E-state index >= 15 is 0 Å². The minimum atomic E-state index is -0.871. The third kappa shape index (κ3) is 4.24. The van der Waals surface area contributed by atoms with Gasteiger partial charge in [-0.2, -0.15) is 0 Å². The molecule has 0 unspecified atom stereocenters. The maximum absolute atomic E-state index is 12.1. The number of carboxylic acid groups (broad SMARTS) is 1. The molecule has 94 valence electrons. The summed E-state index contributed by atoms with van der Waals surface area (Å²) in [5, 5.41) is 8.77. The standard InChI is InChI=1S/C12H15BrO3S/c1-7-4-8(13)11(17-7)9(14)5-12(2,3)6-10(15)16/h4H,5-6H2,1-3H3,(H,15,16). The first kappa shape index (κ1) is 14.4. The molecule has 0 radical (unpaired) electrons. The van der Waals surface area contributed by atoms with Crippen molar-refractivity contribution in [2.24, 2.45) is 5.41 Å². The molecular weight excluding hydrogens is 304 g/mol. The van der Waals surface area contributed by atoms with Gasteiger partial charge in [-0.1, -0.05) is 13.8 Å². The molecule has 1 heterocycles. The average Bonchev–Trinajstić information content (AvgIpc) is 2.41. The largest absolute Gasteiger partial charge is 0.481 e. The Hall–Kier alpha value is -0.680. The van der Waals surface area contributed by atoms with E-state index in [9.17, 15) is 9.59 Å². The number of hydrogen-bond acceptors (Lipinski definition) is 3. The number of ketones is 1. The van der Waals surface area contributed by atoms with Crippen LogP contribution in [0.5, 0.6) is 0 Å². The Morgan fingerprint density at radius 3 is 2.41 bits per heavy atom. The molecule has 17 heavy (non-hydrogen) atoms. The summed E-state index contributed by atoms with van der Waals surface area (Å²) >= 11 is 4.79. The Morgan fingerprint density at radius 2 is 2.00 bits per heavy atom. The van der Waals surface area contributed by atoms with Gasteiger partial charge in [-0.15, -0.1) is 11.3 Å². The van der Waals surface area contributed by atoms with Crippen molar-refractivity contribution >= 4 is 39.0 Å². The zero-order valence-corrected chi connectivity index (χ0v) is 12.4. The van der Waals surface area contributed by atoms with Gasteiger partial charge in [0.15, 0.2) is 5.78 Å². The smallest absolute Gasteiger partial charge is 0.303 e. The fourth-order valence-electron chi connectivity index (χ4n) is 1.66. The molecule has 3 nitrogen and oxygen atoms in total. The zero-order valence-electron chi connectivity index (χ0n) is 10.0. The first-order valence-electron chi connectivity index (χ1n) is 5.22.